The number of fused-ring (bicyclic) bond motifs is 1. The summed E-state index contributed by atoms with van der Waals surface area (Å²) in [6.07, 6.45) is 5.20. The van der Waals surface area contributed by atoms with Gasteiger partial charge in [-0.3, -0.25) is 0 Å². The lowest BCUT2D eigenvalue weighted by molar-refractivity contribution is 0.169. The Morgan fingerprint density at radius 3 is 2.90 bits per heavy atom. The fourth-order valence-electron chi connectivity index (χ4n) is 3.67. The van der Waals surface area contributed by atoms with Crippen LogP contribution in [0.4, 0.5) is 0 Å². The zero-order chi connectivity index (χ0) is 14.9. The minimum absolute atomic E-state index is 0.125. The van der Waals surface area contributed by atoms with Crippen molar-refractivity contribution >= 4 is 11.0 Å². The number of nitrogens with zero attached hydrogens (tertiary/aromatic N) is 2. The zero-order valence-electron chi connectivity index (χ0n) is 13.0. The minimum atomic E-state index is -0.125. The van der Waals surface area contributed by atoms with Gasteiger partial charge in [0, 0.05) is 18.0 Å². The first kappa shape index (κ1) is 14.5. The van der Waals surface area contributed by atoms with E-state index < -0.39 is 0 Å². The van der Waals surface area contributed by atoms with Gasteiger partial charge in [-0.05, 0) is 44.9 Å². The summed E-state index contributed by atoms with van der Waals surface area (Å²) in [5, 5.41) is 13.1. The number of hydrogen-bond donors (Lipinski definition) is 2. The van der Waals surface area contributed by atoms with E-state index in [0.29, 0.717) is 6.04 Å². The first-order valence-electron chi connectivity index (χ1n) is 7.98. The number of rotatable bonds is 5. The van der Waals surface area contributed by atoms with Gasteiger partial charge in [-0.15, -0.1) is 0 Å². The molecule has 1 aliphatic rings. The van der Waals surface area contributed by atoms with E-state index in [1.165, 1.54) is 11.3 Å². The predicted octanol–water partition coefficient (Wildman–Crippen LogP) is 2.66. The van der Waals surface area contributed by atoms with Crippen molar-refractivity contribution in [2.24, 2.45) is 0 Å². The summed E-state index contributed by atoms with van der Waals surface area (Å²) in [6.45, 7) is 2.40. The van der Waals surface area contributed by atoms with Gasteiger partial charge in [-0.2, -0.15) is 0 Å². The first-order chi connectivity index (χ1) is 10.2. The van der Waals surface area contributed by atoms with Crippen molar-refractivity contribution in [2.75, 3.05) is 13.7 Å². The summed E-state index contributed by atoms with van der Waals surface area (Å²) in [7, 11) is 1.96. The number of aliphatic hydroxyl groups is 1. The zero-order valence-corrected chi connectivity index (χ0v) is 13.0. The second-order valence-electron chi connectivity index (χ2n) is 6.22. The molecule has 1 aromatic carbocycles. The molecule has 2 aromatic rings. The molecule has 0 spiro atoms. The molecule has 114 valence electrons. The summed E-state index contributed by atoms with van der Waals surface area (Å²) >= 11 is 0. The third-order valence-electron chi connectivity index (χ3n) is 4.92. The molecule has 2 unspecified atom stereocenters. The Hall–Kier alpha value is -1.39. The number of hydrogen-bond acceptors (Lipinski definition) is 3. The molecule has 0 radical (unpaired) electrons. The Morgan fingerprint density at radius 1 is 1.43 bits per heavy atom. The summed E-state index contributed by atoms with van der Waals surface area (Å²) in [5.74, 6) is 1.19. The predicted molar refractivity (Wildman–Crippen MR) is 85.5 cm³/mol. The summed E-state index contributed by atoms with van der Waals surface area (Å²) in [5.41, 5.74) is 2.20. The van der Waals surface area contributed by atoms with Crippen LogP contribution in [0.2, 0.25) is 0 Å². The van der Waals surface area contributed by atoms with Gasteiger partial charge in [-0.25, -0.2) is 4.98 Å². The molecule has 1 aromatic heterocycles. The maximum absolute atomic E-state index is 9.73. The van der Waals surface area contributed by atoms with Crippen LogP contribution in [0.3, 0.4) is 0 Å². The summed E-state index contributed by atoms with van der Waals surface area (Å²) < 4.78 is 2.42. The van der Waals surface area contributed by atoms with Crippen LogP contribution in [0.15, 0.2) is 24.3 Å². The van der Waals surface area contributed by atoms with Crippen LogP contribution in [0.1, 0.15) is 44.5 Å². The molecule has 4 nitrogen and oxygen atoms in total. The molecule has 1 fully saturated rings. The number of aryl methyl sites for hydroxylation is 1. The largest absolute Gasteiger partial charge is 0.394 e. The van der Waals surface area contributed by atoms with Crippen molar-refractivity contribution in [1.29, 1.82) is 0 Å². The fraction of sp³-hybridized carbons (Fsp3) is 0.588. The smallest absolute Gasteiger partial charge is 0.110 e. The average Bonchev–Trinajstić information content (AvgIpc) is 3.09. The Balaban J connectivity index is 2.01. The van der Waals surface area contributed by atoms with Crippen molar-refractivity contribution < 1.29 is 5.11 Å². The molecular formula is C17H25N3O. The SMILES string of the molecule is CCCc1nc2ccccc2n1C1CCC(CO)(NC)C1. The molecule has 4 heteroatoms. The number of imidazole rings is 1. The third kappa shape index (κ3) is 2.47. The Bertz CT molecular complexity index is 616. The normalized spacial score (nSPS) is 25.8. The Kier molecular flexibility index (Phi) is 4.00. The number of aliphatic hydroxyl groups excluding tert-OH is 1. The van der Waals surface area contributed by atoms with Gasteiger partial charge in [0.25, 0.3) is 0 Å². The highest BCUT2D eigenvalue weighted by Crippen LogP contribution is 2.39. The van der Waals surface area contributed by atoms with Crippen molar-refractivity contribution in [3.05, 3.63) is 30.1 Å². The molecule has 1 heterocycles. The number of aromatic nitrogens is 2. The molecule has 3 rings (SSSR count). The standard InChI is InChI=1S/C17H25N3O/c1-3-6-16-19-14-7-4-5-8-15(14)20(16)13-9-10-17(11-13,12-21)18-2/h4-5,7-8,13,18,21H,3,6,9-12H2,1-2H3. The van der Waals surface area contributed by atoms with E-state index in [1.54, 1.807) is 0 Å². The van der Waals surface area contributed by atoms with Gasteiger partial charge >= 0.3 is 0 Å². The van der Waals surface area contributed by atoms with Crippen LogP contribution in [0.5, 0.6) is 0 Å². The van der Waals surface area contributed by atoms with E-state index in [-0.39, 0.29) is 12.1 Å². The lowest BCUT2D eigenvalue weighted by atomic mass is 9.99. The fourth-order valence-corrected chi connectivity index (χ4v) is 3.67. The van der Waals surface area contributed by atoms with Crippen LogP contribution in [-0.4, -0.2) is 33.9 Å². The van der Waals surface area contributed by atoms with Crippen molar-refractivity contribution in [3.8, 4) is 0 Å². The third-order valence-corrected chi connectivity index (χ3v) is 4.92. The van der Waals surface area contributed by atoms with Gasteiger partial charge in [-0.1, -0.05) is 19.1 Å². The van der Waals surface area contributed by atoms with Crippen LogP contribution >= 0.6 is 0 Å². The number of nitrogens with one attached hydrogen (secondary N) is 1. The van der Waals surface area contributed by atoms with E-state index in [2.05, 4.69) is 41.1 Å². The molecule has 21 heavy (non-hydrogen) atoms. The van der Waals surface area contributed by atoms with Crippen molar-refractivity contribution in [3.63, 3.8) is 0 Å². The maximum Gasteiger partial charge on any atom is 0.110 e. The second-order valence-corrected chi connectivity index (χ2v) is 6.22. The van der Waals surface area contributed by atoms with Crippen molar-refractivity contribution in [1.82, 2.24) is 14.9 Å². The van der Waals surface area contributed by atoms with Crippen LogP contribution < -0.4 is 5.32 Å². The number of para-hydroxylation sites is 2. The molecule has 1 aliphatic carbocycles. The number of likely N-dealkylation sites (N-methyl/N-ethyl adjacent to an activating group) is 1. The van der Waals surface area contributed by atoms with Crippen LogP contribution in [-0.2, 0) is 6.42 Å². The highest BCUT2D eigenvalue weighted by Gasteiger charge is 2.39. The monoisotopic (exact) mass is 287 g/mol. The van der Waals surface area contributed by atoms with E-state index >= 15 is 0 Å². The van der Waals surface area contributed by atoms with E-state index in [1.807, 2.05) is 7.05 Å². The van der Waals surface area contributed by atoms with Gasteiger partial charge in [0.1, 0.15) is 5.82 Å². The van der Waals surface area contributed by atoms with Gasteiger partial charge in [0.05, 0.1) is 17.6 Å². The molecule has 0 amide bonds. The average molecular weight is 287 g/mol. The Labute approximate surface area is 126 Å². The van der Waals surface area contributed by atoms with E-state index in [4.69, 9.17) is 4.98 Å². The lowest BCUT2D eigenvalue weighted by Crippen LogP contribution is -2.44. The number of benzene rings is 1. The lowest BCUT2D eigenvalue weighted by Gasteiger charge is -2.27. The first-order valence-corrected chi connectivity index (χ1v) is 7.98. The van der Waals surface area contributed by atoms with Crippen molar-refractivity contribution in [2.45, 2.75) is 50.6 Å². The molecular weight excluding hydrogens is 262 g/mol. The summed E-state index contributed by atoms with van der Waals surface area (Å²) in [4.78, 5) is 4.83. The molecule has 2 atom stereocenters. The van der Waals surface area contributed by atoms with Crippen LogP contribution in [0.25, 0.3) is 11.0 Å². The summed E-state index contributed by atoms with van der Waals surface area (Å²) in [6, 6.07) is 8.83. The topological polar surface area (TPSA) is 50.1 Å². The van der Waals surface area contributed by atoms with Gasteiger partial charge in [0.2, 0.25) is 0 Å². The highest BCUT2D eigenvalue weighted by molar-refractivity contribution is 5.76. The Morgan fingerprint density at radius 2 is 2.24 bits per heavy atom. The molecule has 0 aliphatic heterocycles. The second kappa shape index (κ2) is 5.78. The maximum atomic E-state index is 9.73. The molecule has 1 saturated carbocycles. The van der Waals surface area contributed by atoms with Gasteiger partial charge in [0.15, 0.2) is 0 Å². The minimum Gasteiger partial charge on any atom is -0.394 e. The molecule has 0 saturated heterocycles. The van der Waals surface area contributed by atoms with Crippen LogP contribution in [0, 0.1) is 0 Å². The molecule has 2 N–H and O–H groups in total. The van der Waals surface area contributed by atoms with Gasteiger partial charge < -0.3 is 15.0 Å². The highest BCUT2D eigenvalue weighted by atomic mass is 16.3. The van der Waals surface area contributed by atoms with E-state index in [0.717, 1.165) is 37.6 Å². The molecule has 0 bridgehead atoms. The van der Waals surface area contributed by atoms with E-state index in [9.17, 15) is 5.11 Å². The quantitative estimate of drug-likeness (QED) is 0.889.